The van der Waals surface area contributed by atoms with Crippen LogP contribution in [0.15, 0.2) is 22.9 Å². The second-order valence-electron chi connectivity index (χ2n) is 5.96. The predicted octanol–water partition coefficient (Wildman–Crippen LogP) is 3.16. The Morgan fingerprint density at radius 1 is 1.24 bits per heavy atom. The zero-order chi connectivity index (χ0) is 15.6. The fourth-order valence-corrected chi connectivity index (χ4v) is 3.91. The van der Waals surface area contributed by atoms with Crippen LogP contribution in [0.1, 0.15) is 39.5 Å². The molecular formula is C17H20N4. The maximum atomic E-state index is 9.62. The Hall–Kier alpha value is -2.25. The summed E-state index contributed by atoms with van der Waals surface area (Å²) in [5.41, 5.74) is 6.22. The Kier molecular flexibility index (Phi) is 4.06. The van der Waals surface area contributed by atoms with Crippen LogP contribution in [0.3, 0.4) is 0 Å². The van der Waals surface area contributed by atoms with E-state index in [-0.39, 0.29) is 17.5 Å². The van der Waals surface area contributed by atoms with E-state index in [0.29, 0.717) is 17.9 Å². The molecule has 4 heteroatoms. The first-order valence-electron chi connectivity index (χ1n) is 7.52. The maximum Gasteiger partial charge on any atom is 0.187 e. The average Bonchev–Trinajstić information content (AvgIpc) is 2.53. The Morgan fingerprint density at radius 3 is 2.38 bits per heavy atom. The van der Waals surface area contributed by atoms with E-state index >= 15 is 0 Å². The summed E-state index contributed by atoms with van der Waals surface area (Å²) in [5, 5.41) is 28.7. The fourth-order valence-electron chi connectivity index (χ4n) is 3.91. The minimum Gasteiger partial charge on any atom is -0.399 e. The van der Waals surface area contributed by atoms with Crippen molar-refractivity contribution in [3.63, 3.8) is 0 Å². The standard InChI is InChI=1S/C17H20N4/c1-3-11-5-6-12-13(7-11)15(4-2)17(9-19,10-20)16(21)14(12)8-18/h6,11,13,15H,3-5,7,21H2,1-2H3/t11-,13+,15+/m1/s1. The van der Waals surface area contributed by atoms with Gasteiger partial charge in [-0.15, -0.1) is 0 Å². The highest BCUT2D eigenvalue weighted by atomic mass is 14.7. The van der Waals surface area contributed by atoms with Gasteiger partial charge < -0.3 is 5.73 Å². The van der Waals surface area contributed by atoms with Crippen LogP contribution in [-0.4, -0.2) is 0 Å². The predicted molar refractivity (Wildman–Crippen MR) is 78.9 cm³/mol. The van der Waals surface area contributed by atoms with Crippen LogP contribution in [-0.2, 0) is 0 Å². The van der Waals surface area contributed by atoms with Crippen molar-refractivity contribution >= 4 is 0 Å². The smallest absolute Gasteiger partial charge is 0.187 e. The summed E-state index contributed by atoms with van der Waals surface area (Å²) >= 11 is 0. The molecule has 21 heavy (non-hydrogen) atoms. The van der Waals surface area contributed by atoms with Crippen LogP contribution in [0.25, 0.3) is 0 Å². The van der Waals surface area contributed by atoms with Gasteiger partial charge in [-0.2, -0.15) is 15.8 Å². The summed E-state index contributed by atoms with van der Waals surface area (Å²) in [6.45, 7) is 4.15. The second kappa shape index (κ2) is 5.63. The summed E-state index contributed by atoms with van der Waals surface area (Å²) in [5.74, 6) is 0.516. The van der Waals surface area contributed by atoms with Gasteiger partial charge in [0, 0.05) is 5.92 Å². The minimum atomic E-state index is -1.36. The number of nitrogens with two attached hydrogens (primary N) is 1. The summed E-state index contributed by atoms with van der Waals surface area (Å²) in [7, 11) is 0. The van der Waals surface area contributed by atoms with Crippen molar-refractivity contribution in [1.29, 1.82) is 15.8 Å². The summed E-state index contributed by atoms with van der Waals surface area (Å²) in [6, 6.07) is 6.39. The molecule has 2 aliphatic rings. The third kappa shape index (κ3) is 2.01. The highest BCUT2D eigenvalue weighted by Crippen LogP contribution is 2.53. The Morgan fingerprint density at radius 2 is 1.90 bits per heavy atom. The number of rotatable bonds is 2. The number of hydrogen-bond acceptors (Lipinski definition) is 4. The third-order valence-electron chi connectivity index (χ3n) is 5.16. The topological polar surface area (TPSA) is 97.4 Å². The van der Waals surface area contributed by atoms with Crippen molar-refractivity contribution in [1.82, 2.24) is 0 Å². The van der Waals surface area contributed by atoms with Crippen molar-refractivity contribution < 1.29 is 0 Å². The molecule has 0 amide bonds. The molecule has 0 saturated heterocycles. The van der Waals surface area contributed by atoms with Gasteiger partial charge in [0.1, 0.15) is 6.07 Å². The number of fused-ring (bicyclic) bond motifs is 1. The van der Waals surface area contributed by atoms with Gasteiger partial charge in [-0.05, 0) is 36.7 Å². The second-order valence-corrected chi connectivity index (χ2v) is 5.96. The van der Waals surface area contributed by atoms with Gasteiger partial charge in [-0.3, -0.25) is 0 Å². The highest BCUT2D eigenvalue weighted by molar-refractivity contribution is 5.56. The van der Waals surface area contributed by atoms with Crippen molar-refractivity contribution in [2.75, 3.05) is 0 Å². The van der Waals surface area contributed by atoms with Crippen molar-refractivity contribution in [3.8, 4) is 18.2 Å². The van der Waals surface area contributed by atoms with E-state index in [1.807, 2.05) is 6.92 Å². The lowest BCUT2D eigenvalue weighted by Crippen LogP contribution is -2.44. The van der Waals surface area contributed by atoms with Crippen LogP contribution in [0, 0.1) is 57.2 Å². The first-order chi connectivity index (χ1) is 10.1. The number of nitriles is 3. The Bertz CT molecular complexity index is 607. The summed E-state index contributed by atoms with van der Waals surface area (Å²) in [4.78, 5) is 0. The van der Waals surface area contributed by atoms with Crippen LogP contribution in [0.2, 0.25) is 0 Å². The molecule has 4 nitrogen and oxygen atoms in total. The lowest BCUT2D eigenvalue weighted by atomic mass is 9.56. The van der Waals surface area contributed by atoms with E-state index in [1.165, 1.54) is 0 Å². The molecule has 2 aliphatic carbocycles. The van der Waals surface area contributed by atoms with E-state index < -0.39 is 5.41 Å². The van der Waals surface area contributed by atoms with Gasteiger partial charge in [-0.25, -0.2) is 0 Å². The molecule has 0 aromatic heterocycles. The number of hydrogen-bond donors (Lipinski definition) is 1. The monoisotopic (exact) mass is 280 g/mol. The van der Waals surface area contributed by atoms with Crippen LogP contribution < -0.4 is 5.73 Å². The van der Waals surface area contributed by atoms with Gasteiger partial charge in [0.2, 0.25) is 0 Å². The molecule has 0 aromatic carbocycles. The molecule has 0 aromatic rings. The molecule has 0 bridgehead atoms. The number of nitrogens with zero attached hydrogens (tertiary/aromatic N) is 3. The Labute approximate surface area is 126 Å². The first kappa shape index (κ1) is 15.1. The van der Waals surface area contributed by atoms with Crippen LogP contribution >= 0.6 is 0 Å². The maximum absolute atomic E-state index is 9.62. The molecule has 2 N–H and O–H groups in total. The lowest BCUT2D eigenvalue weighted by molar-refractivity contribution is 0.200. The largest absolute Gasteiger partial charge is 0.399 e. The molecule has 0 saturated carbocycles. The van der Waals surface area contributed by atoms with Gasteiger partial charge in [0.25, 0.3) is 0 Å². The SMILES string of the molecule is CC[C@@H]1CC=C2C(C#N)=C(N)C(C#N)(C#N)[C@@H](CC)[C@H]2C1. The zero-order valence-corrected chi connectivity index (χ0v) is 12.6. The highest BCUT2D eigenvalue weighted by Gasteiger charge is 2.52. The van der Waals surface area contributed by atoms with Crippen LogP contribution in [0.5, 0.6) is 0 Å². The molecule has 108 valence electrons. The molecule has 0 spiro atoms. The van der Waals surface area contributed by atoms with Gasteiger partial charge in [-0.1, -0.05) is 26.3 Å². The van der Waals surface area contributed by atoms with Crippen molar-refractivity contribution in [2.24, 2.45) is 28.9 Å². The van der Waals surface area contributed by atoms with Crippen molar-refractivity contribution in [3.05, 3.63) is 22.9 Å². The average molecular weight is 280 g/mol. The zero-order valence-electron chi connectivity index (χ0n) is 12.6. The summed E-state index contributed by atoms with van der Waals surface area (Å²) in [6.07, 6.45) is 5.77. The molecule has 0 radical (unpaired) electrons. The lowest BCUT2D eigenvalue weighted by Gasteiger charge is -2.44. The van der Waals surface area contributed by atoms with Crippen molar-refractivity contribution in [2.45, 2.75) is 39.5 Å². The third-order valence-corrected chi connectivity index (χ3v) is 5.16. The van der Waals surface area contributed by atoms with E-state index in [4.69, 9.17) is 5.73 Å². The van der Waals surface area contributed by atoms with E-state index in [0.717, 1.165) is 24.8 Å². The molecule has 0 heterocycles. The van der Waals surface area contributed by atoms with Gasteiger partial charge >= 0.3 is 0 Å². The molecule has 0 aliphatic heterocycles. The van der Waals surface area contributed by atoms with Crippen LogP contribution in [0.4, 0.5) is 0 Å². The Balaban J connectivity index is 2.68. The molecule has 0 unspecified atom stereocenters. The first-order valence-corrected chi connectivity index (χ1v) is 7.52. The van der Waals surface area contributed by atoms with E-state index in [1.54, 1.807) is 0 Å². The number of allylic oxidation sites excluding steroid dienone is 4. The fraction of sp³-hybridized carbons (Fsp3) is 0.588. The van der Waals surface area contributed by atoms with Gasteiger partial charge in [0.15, 0.2) is 5.41 Å². The van der Waals surface area contributed by atoms with Gasteiger partial charge in [0.05, 0.1) is 23.4 Å². The molecule has 3 atom stereocenters. The van der Waals surface area contributed by atoms with E-state index in [2.05, 4.69) is 31.2 Å². The quantitative estimate of drug-likeness (QED) is 0.840. The molecule has 0 fully saturated rings. The normalized spacial score (nSPS) is 30.4. The summed E-state index contributed by atoms with van der Waals surface area (Å²) < 4.78 is 0. The van der Waals surface area contributed by atoms with E-state index in [9.17, 15) is 15.8 Å². The minimum absolute atomic E-state index is 0.0925. The molecular weight excluding hydrogens is 260 g/mol. The molecule has 2 rings (SSSR count).